The zero-order valence-corrected chi connectivity index (χ0v) is 20.1. The fraction of sp³-hybridized carbons (Fsp3) is 0.185. The van der Waals surface area contributed by atoms with Crippen LogP contribution >= 0.6 is 11.6 Å². The van der Waals surface area contributed by atoms with Gasteiger partial charge in [-0.3, -0.25) is 4.98 Å². The molecule has 7 heteroatoms. The molecule has 0 atom stereocenters. The van der Waals surface area contributed by atoms with Gasteiger partial charge < -0.3 is 24.9 Å². The van der Waals surface area contributed by atoms with Crippen LogP contribution in [-0.4, -0.2) is 42.5 Å². The third-order valence-corrected chi connectivity index (χ3v) is 5.84. The van der Waals surface area contributed by atoms with Crippen LogP contribution in [0.3, 0.4) is 0 Å². The van der Waals surface area contributed by atoms with Crippen molar-refractivity contribution in [1.29, 1.82) is 0 Å². The molecule has 0 aliphatic heterocycles. The van der Waals surface area contributed by atoms with Crippen molar-refractivity contribution < 1.29 is 14.6 Å². The van der Waals surface area contributed by atoms with Gasteiger partial charge in [0, 0.05) is 35.8 Å². The predicted molar refractivity (Wildman–Crippen MR) is 137 cm³/mol. The van der Waals surface area contributed by atoms with Crippen molar-refractivity contribution in [2.45, 2.75) is 13.0 Å². The van der Waals surface area contributed by atoms with E-state index < -0.39 is 0 Å². The first-order chi connectivity index (χ1) is 16.4. The second kappa shape index (κ2) is 10.1. The van der Waals surface area contributed by atoms with Gasteiger partial charge in [0.2, 0.25) is 0 Å². The SMILES string of the molecule is COc1cc(-c2ccc3ncc(CC=O)c(Nc4ccc(CN(C)C)cc4)c3c2)cc(Cl)c1O. The second-order valence-corrected chi connectivity index (χ2v) is 8.74. The first-order valence-corrected chi connectivity index (χ1v) is 11.2. The zero-order valence-electron chi connectivity index (χ0n) is 19.3. The van der Waals surface area contributed by atoms with Crippen LogP contribution < -0.4 is 10.1 Å². The number of phenolic OH excluding ortho intramolecular Hbond substituents is 1. The first kappa shape index (κ1) is 23.5. The number of nitrogens with one attached hydrogen (secondary N) is 1. The first-order valence-electron chi connectivity index (χ1n) is 10.8. The summed E-state index contributed by atoms with van der Waals surface area (Å²) < 4.78 is 5.26. The molecule has 4 aromatic rings. The number of methoxy groups -OCH3 is 1. The molecule has 0 spiro atoms. The monoisotopic (exact) mass is 475 g/mol. The lowest BCUT2D eigenvalue weighted by molar-refractivity contribution is -0.107. The van der Waals surface area contributed by atoms with Crippen molar-refractivity contribution in [2.24, 2.45) is 0 Å². The van der Waals surface area contributed by atoms with Crippen LogP contribution in [0.4, 0.5) is 11.4 Å². The van der Waals surface area contributed by atoms with Crippen molar-refractivity contribution >= 4 is 40.2 Å². The molecule has 0 amide bonds. The molecule has 0 fully saturated rings. The van der Waals surface area contributed by atoms with Gasteiger partial charge in [-0.25, -0.2) is 0 Å². The lowest BCUT2D eigenvalue weighted by atomic mass is 10.00. The number of rotatable bonds is 8. The molecular formula is C27H26ClN3O3. The van der Waals surface area contributed by atoms with Crippen molar-refractivity contribution in [1.82, 2.24) is 9.88 Å². The molecule has 1 heterocycles. The standard InChI is InChI=1S/C27H26ClN3O3/c1-31(2)16-17-4-7-21(8-5-17)30-26-19(10-11-32)15-29-24-9-6-18(12-22(24)26)20-13-23(28)27(33)25(14-20)34-3/h4-9,11-15,33H,10,16H2,1-3H3,(H,29,30). The number of aromatic nitrogens is 1. The Kier molecular flexibility index (Phi) is 7.01. The molecular weight excluding hydrogens is 450 g/mol. The third-order valence-electron chi connectivity index (χ3n) is 5.55. The number of aromatic hydroxyl groups is 1. The molecule has 174 valence electrons. The van der Waals surface area contributed by atoms with Crippen molar-refractivity contribution in [2.75, 3.05) is 26.5 Å². The molecule has 34 heavy (non-hydrogen) atoms. The number of fused-ring (bicyclic) bond motifs is 1. The molecule has 0 aliphatic rings. The van der Waals surface area contributed by atoms with E-state index in [2.05, 4.69) is 27.3 Å². The summed E-state index contributed by atoms with van der Waals surface area (Å²) in [7, 11) is 5.56. The van der Waals surface area contributed by atoms with Gasteiger partial charge >= 0.3 is 0 Å². The van der Waals surface area contributed by atoms with E-state index in [1.54, 1.807) is 18.3 Å². The summed E-state index contributed by atoms with van der Waals surface area (Å²) in [6.45, 7) is 0.858. The Balaban J connectivity index is 1.80. The van der Waals surface area contributed by atoms with E-state index >= 15 is 0 Å². The summed E-state index contributed by atoms with van der Waals surface area (Å²) in [6.07, 6.45) is 2.86. The van der Waals surface area contributed by atoms with Crippen LogP contribution in [0.5, 0.6) is 11.5 Å². The smallest absolute Gasteiger partial charge is 0.176 e. The van der Waals surface area contributed by atoms with E-state index in [4.69, 9.17) is 16.3 Å². The topological polar surface area (TPSA) is 74.7 Å². The van der Waals surface area contributed by atoms with Crippen LogP contribution in [0.15, 0.2) is 60.8 Å². The molecule has 3 aromatic carbocycles. The molecule has 0 aliphatic carbocycles. The Morgan fingerprint density at radius 2 is 1.85 bits per heavy atom. The normalized spacial score (nSPS) is 11.1. The minimum absolute atomic E-state index is 0.0938. The Morgan fingerprint density at radius 3 is 2.53 bits per heavy atom. The van der Waals surface area contributed by atoms with Crippen LogP contribution in [0.1, 0.15) is 11.1 Å². The number of anilines is 2. The van der Waals surface area contributed by atoms with Gasteiger partial charge in [0.05, 0.1) is 23.3 Å². The molecule has 4 rings (SSSR count). The number of carbonyl (C=O) groups excluding carboxylic acids is 1. The van der Waals surface area contributed by atoms with Gasteiger partial charge in [0.1, 0.15) is 6.29 Å². The van der Waals surface area contributed by atoms with E-state index in [0.717, 1.165) is 51.8 Å². The third kappa shape index (κ3) is 4.98. The molecule has 0 radical (unpaired) electrons. The maximum absolute atomic E-state index is 11.4. The largest absolute Gasteiger partial charge is 0.503 e. The second-order valence-electron chi connectivity index (χ2n) is 8.33. The summed E-state index contributed by atoms with van der Waals surface area (Å²) in [5.41, 5.74) is 6.23. The van der Waals surface area contributed by atoms with E-state index in [1.165, 1.54) is 12.7 Å². The summed E-state index contributed by atoms with van der Waals surface area (Å²) in [4.78, 5) is 18.1. The number of carbonyl (C=O) groups is 1. The van der Waals surface area contributed by atoms with Crippen LogP contribution in [0.25, 0.3) is 22.0 Å². The van der Waals surface area contributed by atoms with Gasteiger partial charge in [0.15, 0.2) is 11.5 Å². The molecule has 0 saturated carbocycles. The molecule has 0 bridgehead atoms. The van der Waals surface area contributed by atoms with Crippen molar-refractivity contribution in [3.05, 3.63) is 76.9 Å². The lowest BCUT2D eigenvalue weighted by Crippen LogP contribution is -2.10. The fourth-order valence-electron chi connectivity index (χ4n) is 3.90. The summed E-state index contributed by atoms with van der Waals surface area (Å²) in [5.74, 6) is 0.204. The predicted octanol–water partition coefficient (Wildman–Crippen LogP) is 5.82. The molecule has 0 saturated heterocycles. The van der Waals surface area contributed by atoms with Gasteiger partial charge in [-0.1, -0.05) is 29.8 Å². The minimum Gasteiger partial charge on any atom is -0.503 e. The summed E-state index contributed by atoms with van der Waals surface area (Å²) in [6, 6.07) is 17.5. The van der Waals surface area contributed by atoms with Gasteiger partial charge in [-0.2, -0.15) is 0 Å². The highest BCUT2D eigenvalue weighted by atomic mass is 35.5. The van der Waals surface area contributed by atoms with Gasteiger partial charge in [-0.05, 0) is 67.2 Å². The number of hydrogen-bond donors (Lipinski definition) is 2. The maximum atomic E-state index is 11.4. The van der Waals surface area contributed by atoms with Gasteiger partial charge in [0.25, 0.3) is 0 Å². The number of nitrogens with zero attached hydrogens (tertiary/aromatic N) is 2. The van der Waals surface area contributed by atoms with Crippen LogP contribution in [-0.2, 0) is 17.8 Å². The Hall–Kier alpha value is -3.61. The Bertz CT molecular complexity index is 1340. The summed E-state index contributed by atoms with van der Waals surface area (Å²) in [5, 5.41) is 14.7. The number of ether oxygens (including phenoxy) is 1. The number of aldehydes is 1. The molecule has 6 nitrogen and oxygen atoms in total. The maximum Gasteiger partial charge on any atom is 0.176 e. The quantitative estimate of drug-likeness (QED) is 0.313. The van der Waals surface area contributed by atoms with Gasteiger partial charge in [-0.15, -0.1) is 0 Å². The van der Waals surface area contributed by atoms with Crippen LogP contribution in [0.2, 0.25) is 5.02 Å². The minimum atomic E-state index is -0.0938. The average molecular weight is 476 g/mol. The Labute approximate surface area is 203 Å². The highest BCUT2D eigenvalue weighted by Crippen LogP contribution is 2.40. The number of hydrogen-bond acceptors (Lipinski definition) is 6. The fourth-order valence-corrected chi connectivity index (χ4v) is 4.12. The Morgan fingerprint density at radius 1 is 1.09 bits per heavy atom. The molecule has 1 aromatic heterocycles. The highest BCUT2D eigenvalue weighted by Gasteiger charge is 2.14. The molecule has 0 unspecified atom stereocenters. The number of halogens is 1. The summed E-state index contributed by atoms with van der Waals surface area (Å²) >= 11 is 6.22. The van der Waals surface area contributed by atoms with Crippen molar-refractivity contribution in [3.63, 3.8) is 0 Å². The van der Waals surface area contributed by atoms with E-state index in [0.29, 0.717) is 5.75 Å². The van der Waals surface area contributed by atoms with E-state index in [1.807, 2.05) is 44.4 Å². The number of phenols is 1. The number of benzene rings is 3. The van der Waals surface area contributed by atoms with Crippen LogP contribution in [0, 0.1) is 0 Å². The lowest BCUT2D eigenvalue weighted by Gasteiger charge is -2.16. The average Bonchev–Trinajstić information content (AvgIpc) is 2.83. The highest BCUT2D eigenvalue weighted by molar-refractivity contribution is 6.32. The zero-order chi connectivity index (χ0) is 24.2. The van der Waals surface area contributed by atoms with Crippen molar-refractivity contribution in [3.8, 4) is 22.6 Å². The number of pyridine rings is 1. The molecule has 2 N–H and O–H groups in total. The van der Waals surface area contributed by atoms with E-state index in [-0.39, 0.29) is 17.2 Å². The van der Waals surface area contributed by atoms with E-state index in [9.17, 15) is 9.90 Å².